The molecule has 0 saturated carbocycles. The fourth-order valence-electron chi connectivity index (χ4n) is 2.24. The smallest absolute Gasteiger partial charge is 0.307 e. The summed E-state index contributed by atoms with van der Waals surface area (Å²) < 4.78 is 10.2. The highest BCUT2D eigenvalue weighted by atomic mass is 16.5. The Morgan fingerprint density at radius 3 is 2.95 bits per heavy atom. The average molecular weight is 277 g/mol. The molecule has 0 aliphatic carbocycles. The van der Waals surface area contributed by atoms with Crippen molar-refractivity contribution < 1.29 is 19.1 Å². The lowest BCUT2D eigenvalue weighted by atomic mass is 9.95. The number of carbonyl (C=O) groups is 2. The molecule has 0 aromatic heterocycles. The van der Waals surface area contributed by atoms with Gasteiger partial charge < -0.3 is 14.8 Å². The molecule has 1 aliphatic heterocycles. The van der Waals surface area contributed by atoms with E-state index in [2.05, 4.69) is 10.1 Å². The summed E-state index contributed by atoms with van der Waals surface area (Å²) in [5, 5.41) is 2.83. The summed E-state index contributed by atoms with van der Waals surface area (Å²) in [5.41, 5.74) is 1.04. The Labute approximate surface area is 118 Å². The topological polar surface area (TPSA) is 64.6 Å². The van der Waals surface area contributed by atoms with Crippen LogP contribution in [0.3, 0.4) is 0 Å². The van der Waals surface area contributed by atoms with Crippen molar-refractivity contribution in [2.45, 2.75) is 25.8 Å². The molecular formula is C15H19NO4. The van der Waals surface area contributed by atoms with Crippen molar-refractivity contribution in [3.05, 3.63) is 29.8 Å². The Morgan fingerprint density at radius 1 is 1.45 bits per heavy atom. The molecule has 1 N–H and O–H groups in total. The fraction of sp³-hybridized carbons (Fsp3) is 0.467. The van der Waals surface area contributed by atoms with Gasteiger partial charge in [0, 0.05) is 6.04 Å². The number of benzene rings is 1. The molecule has 0 bridgehead atoms. The van der Waals surface area contributed by atoms with Gasteiger partial charge in [0.1, 0.15) is 12.4 Å². The van der Waals surface area contributed by atoms with Crippen molar-refractivity contribution in [3.8, 4) is 5.75 Å². The fourth-order valence-corrected chi connectivity index (χ4v) is 2.24. The van der Waals surface area contributed by atoms with Gasteiger partial charge in [-0.25, -0.2) is 0 Å². The predicted octanol–water partition coefficient (Wildman–Crippen LogP) is 1.31. The number of carbonyl (C=O) groups excluding carboxylic acids is 2. The molecule has 0 saturated heterocycles. The summed E-state index contributed by atoms with van der Waals surface area (Å²) in [7, 11) is 1.34. The minimum Gasteiger partial charge on any atom is -0.492 e. The Balaban J connectivity index is 1.90. The van der Waals surface area contributed by atoms with Crippen LogP contribution in [0, 0.1) is 5.92 Å². The zero-order valence-corrected chi connectivity index (χ0v) is 11.7. The molecule has 0 spiro atoms. The van der Waals surface area contributed by atoms with Crippen molar-refractivity contribution in [2.24, 2.45) is 5.92 Å². The van der Waals surface area contributed by atoms with Crippen LogP contribution in [-0.2, 0) is 20.7 Å². The first-order valence-corrected chi connectivity index (χ1v) is 6.68. The summed E-state index contributed by atoms with van der Waals surface area (Å²) in [4.78, 5) is 23.3. The van der Waals surface area contributed by atoms with Gasteiger partial charge in [0.25, 0.3) is 0 Å². The quantitative estimate of drug-likeness (QED) is 0.843. The number of nitrogens with one attached hydrogen (secondary N) is 1. The van der Waals surface area contributed by atoms with E-state index in [9.17, 15) is 9.59 Å². The highest BCUT2D eigenvalue weighted by Gasteiger charge is 2.26. The number of rotatable bonds is 4. The van der Waals surface area contributed by atoms with Crippen LogP contribution in [0.1, 0.15) is 18.9 Å². The first kappa shape index (κ1) is 14.4. The van der Waals surface area contributed by atoms with E-state index in [1.807, 2.05) is 24.3 Å². The van der Waals surface area contributed by atoms with E-state index in [0.717, 1.165) is 11.3 Å². The van der Waals surface area contributed by atoms with Crippen molar-refractivity contribution in [2.75, 3.05) is 13.7 Å². The van der Waals surface area contributed by atoms with Crippen LogP contribution < -0.4 is 10.1 Å². The van der Waals surface area contributed by atoms with E-state index in [0.29, 0.717) is 13.0 Å². The van der Waals surface area contributed by atoms with Gasteiger partial charge in [-0.2, -0.15) is 0 Å². The Hall–Kier alpha value is -2.04. The molecule has 2 rings (SSSR count). The summed E-state index contributed by atoms with van der Waals surface area (Å²) in [6, 6.07) is 7.47. The Kier molecular flexibility index (Phi) is 4.61. The first-order valence-electron chi connectivity index (χ1n) is 6.68. The van der Waals surface area contributed by atoms with Crippen LogP contribution in [0.25, 0.3) is 0 Å². The minimum atomic E-state index is -0.331. The largest absolute Gasteiger partial charge is 0.492 e. The van der Waals surface area contributed by atoms with Crippen molar-refractivity contribution >= 4 is 11.9 Å². The Bertz CT molecular complexity index is 500. The summed E-state index contributed by atoms with van der Waals surface area (Å²) in [5.74, 6) is 0.211. The van der Waals surface area contributed by atoms with E-state index >= 15 is 0 Å². The lowest BCUT2D eigenvalue weighted by molar-refractivity contribution is -0.141. The standard InChI is InChI=1S/C15H19NO4/c1-10(7-14(17)19-2)16-15(18)12-8-11-5-3-4-6-13(11)20-9-12/h3-6,10,12H,7-9H2,1-2H3,(H,16,18). The maximum Gasteiger partial charge on any atom is 0.307 e. The van der Waals surface area contributed by atoms with E-state index < -0.39 is 0 Å². The van der Waals surface area contributed by atoms with E-state index in [1.165, 1.54) is 7.11 Å². The molecule has 2 atom stereocenters. The third-order valence-electron chi connectivity index (χ3n) is 3.34. The highest BCUT2D eigenvalue weighted by molar-refractivity contribution is 5.80. The zero-order chi connectivity index (χ0) is 14.5. The second kappa shape index (κ2) is 6.41. The SMILES string of the molecule is COC(=O)CC(C)NC(=O)C1COc2ccccc2C1. The molecule has 5 nitrogen and oxygen atoms in total. The molecule has 0 radical (unpaired) electrons. The molecule has 0 fully saturated rings. The molecule has 1 aromatic rings. The molecule has 1 aromatic carbocycles. The summed E-state index contributed by atoms with van der Waals surface area (Å²) >= 11 is 0. The molecule has 5 heteroatoms. The van der Waals surface area contributed by atoms with Crippen LogP contribution in [-0.4, -0.2) is 31.6 Å². The molecule has 2 unspecified atom stereocenters. The molecule has 108 valence electrons. The van der Waals surface area contributed by atoms with E-state index in [1.54, 1.807) is 6.92 Å². The van der Waals surface area contributed by atoms with Gasteiger partial charge in [-0.15, -0.1) is 0 Å². The van der Waals surface area contributed by atoms with Gasteiger partial charge in [0.05, 0.1) is 19.4 Å². The lowest BCUT2D eigenvalue weighted by Gasteiger charge is -2.25. The minimum absolute atomic E-state index is 0.0871. The molecule has 1 amide bonds. The normalized spacial score (nSPS) is 18.4. The lowest BCUT2D eigenvalue weighted by Crippen LogP contribution is -2.42. The second-order valence-electron chi connectivity index (χ2n) is 5.01. The van der Waals surface area contributed by atoms with Gasteiger partial charge in [0.15, 0.2) is 0 Å². The molecular weight excluding hydrogens is 258 g/mol. The number of fused-ring (bicyclic) bond motifs is 1. The van der Waals surface area contributed by atoms with Crippen LogP contribution in [0.4, 0.5) is 0 Å². The van der Waals surface area contributed by atoms with Gasteiger partial charge >= 0.3 is 5.97 Å². The maximum absolute atomic E-state index is 12.1. The highest BCUT2D eigenvalue weighted by Crippen LogP contribution is 2.26. The zero-order valence-electron chi connectivity index (χ0n) is 11.7. The van der Waals surface area contributed by atoms with E-state index in [4.69, 9.17) is 4.74 Å². The number of methoxy groups -OCH3 is 1. The number of amides is 1. The monoisotopic (exact) mass is 277 g/mol. The van der Waals surface area contributed by atoms with Gasteiger partial charge in [0.2, 0.25) is 5.91 Å². The van der Waals surface area contributed by atoms with Gasteiger partial charge in [-0.1, -0.05) is 18.2 Å². The van der Waals surface area contributed by atoms with Crippen molar-refractivity contribution in [1.29, 1.82) is 0 Å². The number of esters is 1. The van der Waals surface area contributed by atoms with E-state index in [-0.39, 0.29) is 30.3 Å². The van der Waals surface area contributed by atoms with Gasteiger partial charge in [-0.3, -0.25) is 9.59 Å². The van der Waals surface area contributed by atoms with Crippen LogP contribution in [0.5, 0.6) is 5.75 Å². The number of hydrogen-bond acceptors (Lipinski definition) is 4. The van der Waals surface area contributed by atoms with Gasteiger partial charge in [-0.05, 0) is 25.0 Å². The molecule has 1 aliphatic rings. The average Bonchev–Trinajstić information content (AvgIpc) is 2.46. The molecule has 1 heterocycles. The number of para-hydroxylation sites is 1. The van der Waals surface area contributed by atoms with Crippen LogP contribution in [0.15, 0.2) is 24.3 Å². The van der Waals surface area contributed by atoms with Crippen LogP contribution in [0.2, 0.25) is 0 Å². The van der Waals surface area contributed by atoms with Crippen LogP contribution >= 0.6 is 0 Å². The summed E-state index contributed by atoms with van der Waals surface area (Å²) in [6.45, 7) is 2.15. The third-order valence-corrected chi connectivity index (χ3v) is 3.34. The summed E-state index contributed by atoms with van der Waals surface area (Å²) in [6.07, 6.45) is 0.833. The predicted molar refractivity (Wildman–Crippen MR) is 73.4 cm³/mol. The first-order chi connectivity index (χ1) is 9.60. The number of hydrogen-bond donors (Lipinski definition) is 1. The van der Waals surface area contributed by atoms with Crippen molar-refractivity contribution in [1.82, 2.24) is 5.32 Å². The second-order valence-corrected chi connectivity index (χ2v) is 5.01. The third kappa shape index (κ3) is 3.50. The number of ether oxygens (including phenoxy) is 2. The maximum atomic E-state index is 12.1. The Morgan fingerprint density at radius 2 is 2.20 bits per heavy atom. The molecule has 20 heavy (non-hydrogen) atoms. The van der Waals surface area contributed by atoms with Crippen molar-refractivity contribution in [3.63, 3.8) is 0 Å².